The van der Waals surface area contributed by atoms with Crippen LogP contribution in [0.15, 0.2) is 35.4 Å². The van der Waals surface area contributed by atoms with Crippen LogP contribution in [-0.2, 0) is 20.9 Å². The molecule has 0 radical (unpaired) electrons. The van der Waals surface area contributed by atoms with Gasteiger partial charge in [-0.2, -0.15) is 0 Å². The van der Waals surface area contributed by atoms with Gasteiger partial charge in [0.25, 0.3) is 5.91 Å². The summed E-state index contributed by atoms with van der Waals surface area (Å²) in [6.45, 7) is 1.09. The Kier molecular flexibility index (Phi) is 5.03. The van der Waals surface area contributed by atoms with E-state index in [4.69, 9.17) is 22.1 Å². The van der Waals surface area contributed by atoms with Gasteiger partial charge in [-0.25, -0.2) is 0 Å². The molecule has 0 spiro atoms. The van der Waals surface area contributed by atoms with Crippen molar-refractivity contribution in [3.8, 4) is 0 Å². The van der Waals surface area contributed by atoms with Gasteiger partial charge in [-0.15, -0.1) is 0 Å². The molecule has 6 nitrogen and oxygen atoms in total. The van der Waals surface area contributed by atoms with Gasteiger partial charge < -0.3 is 14.4 Å². The Labute approximate surface area is 165 Å². The van der Waals surface area contributed by atoms with Crippen LogP contribution in [0.2, 0.25) is 0 Å². The Morgan fingerprint density at radius 3 is 2.96 bits per heavy atom. The minimum Gasteiger partial charge on any atom is -0.480 e. The maximum Gasteiger partial charge on any atom is 0.323 e. The van der Waals surface area contributed by atoms with Gasteiger partial charge in [0.1, 0.15) is 10.9 Å². The van der Waals surface area contributed by atoms with Crippen LogP contribution in [0.4, 0.5) is 0 Å². The number of hydrogen-bond acceptors (Lipinski definition) is 5. The maximum atomic E-state index is 12.8. The molecule has 1 atom stereocenters. The van der Waals surface area contributed by atoms with E-state index >= 15 is 0 Å². The zero-order valence-electron chi connectivity index (χ0n) is 14.5. The summed E-state index contributed by atoms with van der Waals surface area (Å²) >= 11 is 6.67. The molecular formula is C19H18N2O4S2. The second kappa shape index (κ2) is 7.46. The van der Waals surface area contributed by atoms with E-state index in [1.54, 1.807) is 21.7 Å². The molecule has 2 aliphatic heterocycles. The molecule has 27 heavy (non-hydrogen) atoms. The Balaban J connectivity index is 1.64. The average molecular weight is 402 g/mol. The Hall–Kier alpha value is -2.16. The number of aromatic nitrogens is 1. The summed E-state index contributed by atoms with van der Waals surface area (Å²) in [6, 6.07) is 7.56. The molecule has 2 aliphatic rings. The number of aliphatic carboxylic acids is 1. The Morgan fingerprint density at radius 2 is 2.22 bits per heavy atom. The molecule has 2 fully saturated rings. The third-order valence-electron chi connectivity index (χ3n) is 4.70. The molecule has 0 unspecified atom stereocenters. The molecule has 140 valence electrons. The predicted molar refractivity (Wildman–Crippen MR) is 108 cm³/mol. The van der Waals surface area contributed by atoms with Gasteiger partial charge in [0, 0.05) is 29.3 Å². The number of para-hydroxylation sites is 1. The lowest BCUT2D eigenvalue weighted by atomic mass is 10.1. The molecule has 8 heteroatoms. The van der Waals surface area contributed by atoms with Gasteiger partial charge in [-0.3, -0.25) is 14.5 Å². The lowest BCUT2D eigenvalue weighted by Gasteiger charge is -2.18. The van der Waals surface area contributed by atoms with E-state index in [1.165, 1.54) is 11.8 Å². The lowest BCUT2D eigenvalue weighted by molar-refractivity contribution is -0.137. The molecule has 1 aromatic carbocycles. The number of thioether (sulfide) groups is 1. The molecule has 1 amide bonds. The minimum atomic E-state index is -0.912. The number of thiocarbonyl (C=S) groups is 1. The zero-order chi connectivity index (χ0) is 19.0. The first-order valence-corrected chi connectivity index (χ1v) is 9.92. The third-order valence-corrected chi connectivity index (χ3v) is 6.07. The Bertz CT molecular complexity index is 960. The smallest absolute Gasteiger partial charge is 0.323 e. The minimum absolute atomic E-state index is 0.0457. The number of carboxylic acid groups (broad SMARTS) is 1. The van der Waals surface area contributed by atoms with E-state index in [2.05, 4.69) is 0 Å². The van der Waals surface area contributed by atoms with Crippen molar-refractivity contribution in [1.82, 2.24) is 9.47 Å². The monoisotopic (exact) mass is 402 g/mol. The van der Waals surface area contributed by atoms with E-state index in [0.717, 1.165) is 35.9 Å². The van der Waals surface area contributed by atoms with E-state index in [0.29, 0.717) is 15.8 Å². The van der Waals surface area contributed by atoms with Crippen molar-refractivity contribution in [2.24, 2.45) is 0 Å². The third kappa shape index (κ3) is 3.65. The van der Waals surface area contributed by atoms with E-state index in [-0.39, 0.29) is 18.6 Å². The van der Waals surface area contributed by atoms with Gasteiger partial charge in [0.05, 0.1) is 17.6 Å². The fraction of sp³-hybridized carbons (Fsp3) is 0.316. The van der Waals surface area contributed by atoms with Gasteiger partial charge >= 0.3 is 5.97 Å². The molecule has 1 N–H and O–H groups in total. The molecule has 0 saturated carbocycles. The highest BCUT2D eigenvalue weighted by Crippen LogP contribution is 2.35. The number of carbonyl (C=O) groups excluding carboxylic acids is 1. The van der Waals surface area contributed by atoms with Crippen LogP contribution in [-0.4, -0.2) is 50.0 Å². The molecule has 2 aromatic rings. The van der Waals surface area contributed by atoms with Crippen molar-refractivity contribution in [3.05, 3.63) is 40.9 Å². The molecular weight excluding hydrogens is 384 g/mol. The molecule has 1 aromatic heterocycles. The van der Waals surface area contributed by atoms with E-state index in [1.807, 2.05) is 24.3 Å². The number of nitrogens with zero attached hydrogens (tertiary/aromatic N) is 2. The summed E-state index contributed by atoms with van der Waals surface area (Å²) in [5.41, 5.74) is 1.63. The highest BCUT2D eigenvalue weighted by molar-refractivity contribution is 8.26. The normalized spacial score (nSPS) is 21.7. The number of benzene rings is 1. The summed E-state index contributed by atoms with van der Waals surface area (Å²) in [7, 11) is 0. The maximum absolute atomic E-state index is 12.8. The second-order valence-electron chi connectivity index (χ2n) is 6.55. The van der Waals surface area contributed by atoms with Crippen LogP contribution in [0.25, 0.3) is 17.0 Å². The summed E-state index contributed by atoms with van der Waals surface area (Å²) < 4.78 is 7.84. The largest absolute Gasteiger partial charge is 0.480 e. The fourth-order valence-corrected chi connectivity index (χ4v) is 4.72. The molecule has 0 bridgehead atoms. The number of amides is 1. The molecule has 0 aliphatic carbocycles. The van der Waals surface area contributed by atoms with Crippen LogP contribution >= 0.6 is 24.0 Å². The number of rotatable bonds is 5. The van der Waals surface area contributed by atoms with Crippen LogP contribution in [0.1, 0.15) is 18.4 Å². The fourth-order valence-electron chi connectivity index (χ4n) is 3.46. The van der Waals surface area contributed by atoms with Crippen molar-refractivity contribution >= 4 is 57.2 Å². The van der Waals surface area contributed by atoms with Crippen LogP contribution in [0.3, 0.4) is 0 Å². The van der Waals surface area contributed by atoms with Gasteiger partial charge in [-0.1, -0.05) is 42.2 Å². The number of ether oxygens (including phenoxy) is 1. The van der Waals surface area contributed by atoms with Crippen molar-refractivity contribution < 1.29 is 19.4 Å². The first kappa shape index (κ1) is 18.2. The predicted octanol–water partition coefficient (Wildman–Crippen LogP) is 3.11. The highest BCUT2D eigenvalue weighted by Gasteiger charge is 2.34. The lowest BCUT2D eigenvalue weighted by Crippen LogP contribution is -2.35. The van der Waals surface area contributed by atoms with Gasteiger partial charge in [0.2, 0.25) is 0 Å². The topological polar surface area (TPSA) is 71.8 Å². The zero-order valence-corrected chi connectivity index (χ0v) is 16.1. The van der Waals surface area contributed by atoms with E-state index in [9.17, 15) is 9.59 Å². The summed E-state index contributed by atoms with van der Waals surface area (Å²) in [5, 5.41) is 10.0. The summed E-state index contributed by atoms with van der Waals surface area (Å²) in [5.74, 6) is -1.03. The standard InChI is InChI=1S/C19H18N2O4S2/c22-17(23)11-20-9-12(14-5-1-2-6-15(14)20)8-16-18(24)21(19(26)27-16)10-13-4-3-7-25-13/h1-2,5-6,8-9,13H,3-4,7,10-11H2,(H,22,23)/b16-8-/t13-/m1/s1. The van der Waals surface area contributed by atoms with Crippen molar-refractivity contribution in [2.45, 2.75) is 25.5 Å². The highest BCUT2D eigenvalue weighted by atomic mass is 32.2. The van der Waals surface area contributed by atoms with E-state index < -0.39 is 5.97 Å². The number of carboxylic acids is 1. The van der Waals surface area contributed by atoms with Crippen LogP contribution < -0.4 is 0 Å². The first-order chi connectivity index (χ1) is 13.0. The molecule has 3 heterocycles. The van der Waals surface area contributed by atoms with Gasteiger partial charge in [0.15, 0.2) is 0 Å². The molecule has 4 rings (SSSR count). The van der Waals surface area contributed by atoms with Crippen molar-refractivity contribution in [2.75, 3.05) is 13.2 Å². The summed E-state index contributed by atoms with van der Waals surface area (Å²) in [6.07, 6.45) is 5.57. The number of carbonyl (C=O) groups is 2. The number of fused-ring (bicyclic) bond motifs is 1. The average Bonchev–Trinajstić information content (AvgIpc) is 3.32. The SMILES string of the molecule is O=C(O)Cn1cc(/C=C2\SC(=S)N(C[C@H]3CCCO3)C2=O)c2ccccc21. The van der Waals surface area contributed by atoms with Crippen LogP contribution in [0, 0.1) is 0 Å². The number of hydrogen-bond donors (Lipinski definition) is 1. The van der Waals surface area contributed by atoms with Crippen molar-refractivity contribution in [3.63, 3.8) is 0 Å². The van der Waals surface area contributed by atoms with Crippen molar-refractivity contribution in [1.29, 1.82) is 0 Å². The molecule has 2 saturated heterocycles. The first-order valence-electron chi connectivity index (χ1n) is 8.69. The van der Waals surface area contributed by atoms with Crippen LogP contribution in [0.5, 0.6) is 0 Å². The summed E-state index contributed by atoms with van der Waals surface area (Å²) in [4.78, 5) is 26.1. The second-order valence-corrected chi connectivity index (χ2v) is 8.23. The Morgan fingerprint density at radius 1 is 1.41 bits per heavy atom. The quantitative estimate of drug-likeness (QED) is 0.612. The van der Waals surface area contributed by atoms with Gasteiger partial charge in [-0.05, 0) is 25.0 Å².